The van der Waals surface area contributed by atoms with Gasteiger partial charge in [0.05, 0.1) is 4.11 Å². The highest BCUT2D eigenvalue weighted by Gasteiger charge is 2.38. The largest absolute Gasteiger partial charge is 0.405 e. The van der Waals surface area contributed by atoms with E-state index < -0.39 is 8.32 Å². The second kappa shape index (κ2) is 7.59. The average molecular weight is 377 g/mol. The Labute approximate surface area is 121 Å². The van der Waals surface area contributed by atoms with Crippen molar-refractivity contribution in [1.82, 2.24) is 0 Å². The van der Waals surface area contributed by atoms with E-state index in [1.165, 1.54) is 12.8 Å². The number of halogens is 2. The summed E-state index contributed by atoms with van der Waals surface area (Å²) in [7, 11) is -1.57. The highest BCUT2D eigenvalue weighted by molar-refractivity contribution is 14.1. The van der Waals surface area contributed by atoms with Crippen LogP contribution < -0.4 is 0 Å². The molecule has 0 fully saturated rings. The van der Waals surface area contributed by atoms with Crippen LogP contribution in [0.15, 0.2) is 0 Å². The van der Waals surface area contributed by atoms with Gasteiger partial charge in [0.15, 0.2) is 8.32 Å². The van der Waals surface area contributed by atoms with E-state index >= 15 is 0 Å². The first-order chi connectivity index (χ1) is 7.20. The van der Waals surface area contributed by atoms with Gasteiger partial charge < -0.3 is 4.43 Å². The molecule has 0 aromatic carbocycles. The van der Waals surface area contributed by atoms with Crippen LogP contribution in [0.5, 0.6) is 0 Å². The van der Waals surface area contributed by atoms with Crippen molar-refractivity contribution in [3.63, 3.8) is 0 Å². The van der Waals surface area contributed by atoms with Gasteiger partial charge in [0, 0.05) is 5.88 Å². The molecule has 0 rings (SSSR count). The quantitative estimate of drug-likeness (QED) is 0.244. The molecule has 0 aliphatic carbocycles. The number of alkyl halides is 2. The Balaban J connectivity index is 3.90. The summed E-state index contributed by atoms with van der Waals surface area (Å²) < 4.78 is 6.64. The van der Waals surface area contributed by atoms with Crippen LogP contribution in [-0.2, 0) is 4.43 Å². The lowest BCUT2D eigenvalue weighted by atomic mass is 10.2. The van der Waals surface area contributed by atoms with E-state index in [1.54, 1.807) is 0 Å². The summed E-state index contributed by atoms with van der Waals surface area (Å²) in [5.41, 5.74) is 0. The number of unbranched alkanes of at least 4 members (excludes halogenated alkanes) is 2. The van der Waals surface area contributed by atoms with Crippen LogP contribution in [0.3, 0.4) is 0 Å². The van der Waals surface area contributed by atoms with E-state index in [0.717, 1.165) is 18.7 Å². The van der Waals surface area contributed by atoms with Crippen LogP contribution in [0.1, 0.15) is 46.5 Å². The minimum atomic E-state index is -1.57. The maximum absolute atomic E-state index is 6.28. The second-order valence-corrected chi connectivity index (χ2v) is 12.4. The van der Waals surface area contributed by atoms with E-state index in [0.29, 0.717) is 9.15 Å². The lowest BCUT2D eigenvalue weighted by Crippen LogP contribution is -2.42. The fourth-order valence-electron chi connectivity index (χ4n) is 1.13. The predicted molar refractivity (Wildman–Crippen MR) is 85.3 cm³/mol. The zero-order valence-electron chi connectivity index (χ0n) is 11.3. The van der Waals surface area contributed by atoms with Gasteiger partial charge in [-0.05, 0) is 31.0 Å². The third-order valence-corrected chi connectivity index (χ3v) is 9.40. The van der Waals surface area contributed by atoms with Crippen molar-refractivity contribution in [3.8, 4) is 0 Å². The first-order valence-electron chi connectivity index (χ1n) is 6.08. The molecule has 98 valence electrons. The van der Waals surface area contributed by atoms with Crippen molar-refractivity contribution in [2.75, 3.05) is 5.88 Å². The fourth-order valence-corrected chi connectivity index (χ4v) is 4.78. The summed E-state index contributed by atoms with van der Waals surface area (Å²) in [6, 6.07) is 0. The molecule has 16 heavy (non-hydrogen) atoms. The Morgan fingerprint density at radius 2 is 1.75 bits per heavy atom. The van der Waals surface area contributed by atoms with Gasteiger partial charge in [0.2, 0.25) is 0 Å². The highest BCUT2D eigenvalue weighted by atomic mass is 127. The number of rotatable bonds is 7. The lowest BCUT2D eigenvalue weighted by molar-refractivity contribution is 0.261. The normalized spacial score (nSPS) is 15.2. The van der Waals surface area contributed by atoms with E-state index in [2.05, 4.69) is 56.5 Å². The molecule has 0 aliphatic rings. The molecule has 0 heterocycles. The monoisotopic (exact) mass is 376 g/mol. The Morgan fingerprint density at radius 3 is 2.19 bits per heavy atom. The third-order valence-electron chi connectivity index (χ3n) is 3.29. The molecular weight excluding hydrogens is 351 g/mol. The molecule has 0 radical (unpaired) electrons. The summed E-state index contributed by atoms with van der Waals surface area (Å²) >= 11 is 8.09. The standard InChI is InChI=1S/C12H26ClIOSi/c1-12(2,3)16(4,5)15-11(14)9-7-6-8-10-13/h11H,6-10H2,1-5H3. The van der Waals surface area contributed by atoms with Crippen molar-refractivity contribution in [2.45, 2.75) is 68.7 Å². The topological polar surface area (TPSA) is 9.23 Å². The average Bonchev–Trinajstić information content (AvgIpc) is 2.10. The van der Waals surface area contributed by atoms with Crippen LogP contribution >= 0.6 is 34.2 Å². The van der Waals surface area contributed by atoms with Gasteiger partial charge in [-0.25, -0.2) is 0 Å². The first-order valence-corrected chi connectivity index (χ1v) is 10.8. The molecule has 0 spiro atoms. The van der Waals surface area contributed by atoms with Crippen LogP contribution in [0.4, 0.5) is 0 Å². The van der Waals surface area contributed by atoms with Gasteiger partial charge in [-0.1, -0.05) is 56.2 Å². The van der Waals surface area contributed by atoms with Crippen molar-refractivity contribution in [2.24, 2.45) is 0 Å². The molecule has 0 aliphatic heterocycles. The molecular formula is C12H26ClIOSi. The van der Waals surface area contributed by atoms with Gasteiger partial charge in [-0.2, -0.15) is 0 Å². The first kappa shape index (κ1) is 17.2. The fraction of sp³-hybridized carbons (Fsp3) is 1.00. The van der Waals surface area contributed by atoms with Gasteiger partial charge in [-0.15, -0.1) is 11.6 Å². The summed E-state index contributed by atoms with van der Waals surface area (Å²) in [5.74, 6) is 0.787. The van der Waals surface area contributed by atoms with Crippen LogP contribution in [0, 0.1) is 0 Å². The maximum Gasteiger partial charge on any atom is 0.193 e. The Bertz CT molecular complexity index is 192. The van der Waals surface area contributed by atoms with Crippen molar-refractivity contribution >= 4 is 42.5 Å². The molecule has 0 saturated carbocycles. The van der Waals surface area contributed by atoms with Crippen LogP contribution in [0.25, 0.3) is 0 Å². The molecule has 0 aromatic rings. The minimum Gasteiger partial charge on any atom is -0.405 e. The Morgan fingerprint density at radius 1 is 1.19 bits per heavy atom. The molecule has 1 atom stereocenters. The molecule has 0 bridgehead atoms. The third kappa shape index (κ3) is 6.82. The lowest BCUT2D eigenvalue weighted by Gasteiger charge is -2.38. The van der Waals surface area contributed by atoms with Gasteiger partial charge >= 0.3 is 0 Å². The van der Waals surface area contributed by atoms with Crippen LogP contribution in [0.2, 0.25) is 18.1 Å². The summed E-state index contributed by atoms with van der Waals surface area (Å²) in [6.45, 7) is 11.5. The smallest absolute Gasteiger partial charge is 0.193 e. The van der Waals surface area contributed by atoms with E-state index in [1.807, 2.05) is 0 Å². The second-order valence-electron chi connectivity index (χ2n) is 5.83. The molecule has 0 aromatic heterocycles. The van der Waals surface area contributed by atoms with Gasteiger partial charge in [0.1, 0.15) is 0 Å². The molecule has 0 amide bonds. The molecule has 1 unspecified atom stereocenters. The maximum atomic E-state index is 6.28. The number of hydrogen-bond acceptors (Lipinski definition) is 1. The molecule has 1 nitrogen and oxygen atoms in total. The minimum absolute atomic E-state index is 0.312. The van der Waals surface area contributed by atoms with E-state index in [4.69, 9.17) is 16.0 Å². The summed E-state index contributed by atoms with van der Waals surface area (Å²) in [4.78, 5) is 0. The van der Waals surface area contributed by atoms with Crippen molar-refractivity contribution in [1.29, 1.82) is 0 Å². The highest BCUT2D eigenvalue weighted by Crippen LogP contribution is 2.38. The Kier molecular flexibility index (Phi) is 8.16. The van der Waals surface area contributed by atoms with Crippen molar-refractivity contribution < 1.29 is 4.43 Å². The Hall–Kier alpha value is 1.20. The molecule has 0 N–H and O–H groups in total. The van der Waals surface area contributed by atoms with Gasteiger partial charge in [0.25, 0.3) is 0 Å². The SMILES string of the molecule is CC(C)(C)[Si](C)(C)OC(I)CCCCCCl. The molecule has 0 saturated heterocycles. The van der Waals surface area contributed by atoms with E-state index in [9.17, 15) is 0 Å². The predicted octanol–water partition coefficient (Wildman–Crippen LogP) is 5.57. The van der Waals surface area contributed by atoms with Crippen LogP contribution in [-0.4, -0.2) is 18.3 Å². The zero-order valence-corrected chi connectivity index (χ0v) is 15.2. The van der Waals surface area contributed by atoms with Gasteiger partial charge in [-0.3, -0.25) is 0 Å². The molecule has 4 heteroatoms. The van der Waals surface area contributed by atoms with Crippen molar-refractivity contribution in [3.05, 3.63) is 0 Å². The summed E-state index contributed by atoms with van der Waals surface area (Å²) in [6.07, 6.45) is 4.74. The number of hydrogen-bond donors (Lipinski definition) is 0. The van der Waals surface area contributed by atoms with E-state index in [-0.39, 0.29) is 0 Å². The summed E-state index contributed by atoms with van der Waals surface area (Å²) in [5, 5.41) is 0.312. The zero-order chi connectivity index (χ0) is 12.8.